The average molecular weight is 358 g/mol. The first-order valence-corrected chi connectivity index (χ1v) is 8.29. The number of hydrogen-bond donors (Lipinski definition) is 2. The summed E-state index contributed by atoms with van der Waals surface area (Å²) in [6.45, 7) is 11.4. The van der Waals surface area contributed by atoms with Crippen LogP contribution in [0.1, 0.15) is 48.0 Å². The van der Waals surface area contributed by atoms with Gasteiger partial charge in [-0.1, -0.05) is 0 Å². The lowest BCUT2D eigenvalue weighted by Crippen LogP contribution is -2.59. The van der Waals surface area contributed by atoms with Crippen LogP contribution in [0.3, 0.4) is 0 Å². The number of rotatable bonds is 2. The van der Waals surface area contributed by atoms with E-state index < -0.39 is 35.3 Å². The second-order valence-corrected chi connectivity index (χ2v) is 8.03. The number of ether oxygens (including phenoxy) is 2. The molecule has 25 heavy (non-hydrogen) atoms. The van der Waals surface area contributed by atoms with Crippen molar-refractivity contribution in [2.24, 2.45) is 5.84 Å². The molecule has 1 aliphatic rings. The molecule has 1 unspecified atom stereocenters. The van der Waals surface area contributed by atoms with Gasteiger partial charge in [0.05, 0.1) is 12.5 Å². The Hall–Kier alpha value is -2.03. The molecule has 3 N–H and O–H groups in total. The molecule has 1 rings (SSSR count). The highest BCUT2D eigenvalue weighted by Gasteiger charge is 2.37. The molecule has 144 valence electrons. The summed E-state index contributed by atoms with van der Waals surface area (Å²) < 4.78 is 10.7. The summed E-state index contributed by atoms with van der Waals surface area (Å²) in [5.74, 6) is 4.72. The highest BCUT2D eigenvalue weighted by molar-refractivity contribution is 5.78. The van der Waals surface area contributed by atoms with E-state index in [1.807, 2.05) is 5.43 Å². The van der Waals surface area contributed by atoms with Crippen molar-refractivity contribution in [1.82, 2.24) is 15.2 Å². The molecule has 1 heterocycles. The third-order valence-corrected chi connectivity index (χ3v) is 3.34. The molecule has 0 aromatic heterocycles. The van der Waals surface area contributed by atoms with Gasteiger partial charge in [0.2, 0.25) is 5.91 Å². The van der Waals surface area contributed by atoms with Crippen LogP contribution in [-0.2, 0) is 14.3 Å². The molecular formula is C16H30N4O5. The van der Waals surface area contributed by atoms with Gasteiger partial charge in [-0.25, -0.2) is 15.4 Å². The number of hydrazine groups is 1. The van der Waals surface area contributed by atoms with E-state index in [4.69, 9.17) is 15.3 Å². The summed E-state index contributed by atoms with van der Waals surface area (Å²) in [6, 6.07) is -0.542. The van der Waals surface area contributed by atoms with E-state index in [0.29, 0.717) is 6.54 Å². The Bertz CT molecular complexity index is 510. The molecule has 0 radical (unpaired) electrons. The number of carbonyl (C=O) groups is 3. The smallest absolute Gasteiger partial charge is 0.410 e. The highest BCUT2D eigenvalue weighted by Crippen LogP contribution is 2.20. The largest absolute Gasteiger partial charge is 0.444 e. The second-order valence-electron chi connectivity index (χ2n) is 8.03. The Labute approximate surface area is 148 Å². The van der Waals surface area contributed by atoms with Crippen molar-refractivity contribution in [2.75, 3.05) is 19.6 Å². The van der Waals surface area contributed by atoms with Crippen LogP contribution >= 0.6 is 0 Å². The molecule has 0 bridgehead atoms. The van der Waals surface area contributed by atoms with Gasteiger partial charge in [-0.3, -0.25) is 10.2 Å². The topological polar surface area (TPSA) is 114 Å². The van der Waals surface area contributed by atoms with Gasteiger partial charge in [0.25, 0.3) is 0 Å². The first-order chi connectivity index (χ1) is 11.3. The molecule has 9 nitrogen and oxygen atoms in total. The van der Waals surface area contributed by atoms with Gasteiger partial charge in [0.15, 0.2) is 0 Å². The fraction of sp³-hybridized carbons (Fsp3) is 0.812. The van der Waals surface area contributed by atoms with Crippen LogP contribution in [0.5, 0.6) is 0 Å². The lowest BCUT2D eigenvalue weighted by molar-refractivity contribution is -0.122. The van der Waals surface area contributed by atoms with Crippen LogP contribution in [0.4, 0.5) is 9.59 Å². The molecule has 1 fully saturated rings. The molecule has 0 aliphatic carbocycles. The molecular weight excluding hydrogens is 328 g/mol. The lowest BCUT2D eigenvalue weighted by atomic mass is 10.1. The molecule has 1 aliphatic heterocycles. The minimum Gasteiger partial charge on any atom is -0.444 e. The fourth-order valence-electron chi connectivity index (χ4n) is 2.36. The van der Waals surface area contributed by atoms with Crippen molar-refractivity contribution in [2.45, 2.75) is 65.2 Å². The number of piperazine rings is 1. The minimum atomic E-state index is -0.653. The molecule has 0 aromatic carbocycles. The number of nitrogens with zero attached hydrogens (tertiary/aromatic N) is 2. The average Bonchev–Trinajstić information content (AvgIpc) is 2.43. The summed E-state index contributed by atoms with van der Waals surface area (Å²) in [7, 11) is 0. The Morgan fingerprint density at radius 3 is 2.00 bits per heavy atom. The van der Waals surface area contributed by atoms with Crippen LogP contribution in [-0.4, -0.2) is 64.8 Å². The molecule has 1 atom stereocenters. The van der Waals surface area contributed by atoms with Crippen LogP contribution < -0.4 is 11.3 Å². The maximum absolute atomic E-state index is 12.4. The van der Waals surface area contributed by atoms with Crippen molar-refractivity contribution in [3.8, 4) is 0 Å². The molecule has 0 aromatic rings. The van der Waals surface area contributed by atoms with Gasteiger partial charge in [0.1, 0.15) is 11.2 Å². The molecule has 1 saturated heterocycles. The Kier molecular flexibility index (Phi) is 6.64. The minimum absolute atomic E-state index is 0.0327. The highest BCUT2D eigenvalue weighted by atomic mass is 16.6. The van der Waals surface area contributed by atoms with E-state index in [1.165, 1.54) is 9.80 Å². The van der Waals surface area contributed by atoms with Crippen LogP contribution in [0.25, 0.3) is 0 Å². The van der Waals surface area contributed by atoms with Gasteiger partial charge in [0, 0.05) is 19.6 Å². The summed E-state index contributed by atoms with van der Waals surface area (Å²) in [6.07, 6.45) is -1.03. The number of hydrogen-bond acceptors (Lipinski definition) is 6. The standard InChI is InChI=1S/C16H30N4O5/c1-15(2,3)24-13(22)19-7-8-20(14(23)25-16(4,5)6)11(10-19)9-12(21)18-17/h11H,7-10,17H2,1-6H3,(H,18,21). The lowest BCUT2D eigenvalue weighted by Gasteiger charge is -2.41. The molecule has 0 spiro atoms. The van der Waals surface area contributed by atoms with Crippen molar-refractivity contribution < 1.29 is 23.9 Å². The second kappa shape index (κ2) is 7.90. The van der Waals surface area contributed by atoms with Crippen molar-refractivity contribution in [3.63, 3.8) is 0 Å². The van der Waals surface area contributed by atoms with E-state index in [0.717, 1.165) is 0 Å². The normalized spacial score (nSPS) is 18.6. The van der Waals surface area contributed by atoms with Gasteiger partial charge in [-0.2, -0.15) is 0 Å². The van der Waals surface area contributed by atoms with E-state index in [9.17, 15) is 14.4 Å². The van der Waals surface area contributed by atoms with Crippen molar-refractivity contribution in [1.29, 1.82) is 0 Å². The number of amides is 3. The van der Waals surface area contributed by atoms with Crippen LogP contribution in [0, 0.1) is 0 Å². The number of nitrogens with one attached hydrogen (secondary N) is 1. The van der Waals surface area contributed by atoms with Gasteiger partial charge >= 0.3 is 12.2 Å². The summed E-state index contributed by atoms with van der Waals surface area (Å²) in [5, 5.41) is 0. The molecule has 9 heteroatoms. The molecule has 3 amide bonds. The Balaban J connectivity index is 2.86. The maximum Gasteiger partial charge on any atom is 0.410 e. The predicted octanol–water partition coefficient (Wildman–Crippen LogP) is 1.22. The Morgan fingerprint density at radius 1 is 1.00 bits per heavy atom. The van der Waals surface area contributed by atoms with E-state index in [2.05, 4.69) is 0 Å². The van der Waals surface area contributed by atoms with Crippen LogP contribution in [0.15, 0.2) is 0 Å². The Morgan fingerprint density at radius 2 is 1.52 bits per heavy atom. The summed E-state index contributed by atoms with van der Waals surface area (Å²) in [4.78, 5) is 39.3. The predicted molar refractivity (Wildman–Crippen MR) is 91.5 cm³/mol. The zero-order valence-electron chi connectivity index (χ0n) is 15.9. The first kappa shape index (κ1) is 21.0. The fourth-order valence-corrected chi connectivity index (χ4v) is 2.36. The van der Waals surface area contributed by atoms with E-state index in [-0.39, 0.29) is 19.5 Å². The number of nitrogens with two attached hydrogens (primary N) is 1. The monoisotopic (exact) mass is 358 g/mol. The van der Waals surface area contributed by atoms with E-state index >= 15 is 0 Å². The zero-order valence-corrected chi connectivity index (χ0v) is 15.9. The third kappa shape index (κ3) is 7.16. The third-order valence-electron chi connectivity index (χ3n) is 3.34. The SMILES string of the molecule is CC(C)(C)OC(=O)N1CCN(C(=O)OC(C)(C)C)C(CC(=O)NN)C1. The molecule has 0 saturated carbocycles. The summed E-state index contributed by atoms with van der Waals surface area (Å²) >= 11 is 0. The van der Waals surface area contributed by atoms with Crippen LogP contribution in [0.2, 0.25) is 0 Å². The number of carbonyl (C=O) groups excluding carboxylic acids is 3. The van der Waals surface area contributed by atoms with Gasteiger partial charge < -0.3 is 19.3 Å². The zero-order chi connectivity index (χ0) is 19.4. The van der Waals surface area contributed by atoms with Gasteiger partial charge in [-0.15, -0.1) is 0 Å². The summed E-state index contributed by atoms with van der Waals surface area (Å²) in [5.41, 5.74) is 0.776. The van der Waals surface area contributed by atoms with Crippen molar-refractivity contribution in [3.05, 3.63) is 0 Å². The maximum atomic E-state index is 12.4. The van der Waals surface area contributed by atoms with Gasteiger partial charge in [-0.05, 0) is 41.5 Å². The van der Waals surface area contributed by atoms with Crippen molar-refractivity contribution >= 4 is 18.1 Å². The first-order valence-electron chi connectivity index (χ1n) is 8.29. The quantitative estimate of drug-likeness (QED) is 0.436. The van der Waals surface area contributed by atoms with E-state index in [1.54, 1.807) is 41.5 Å².